The van der Waals surface area contributed by atoms with Gasteiger partial charge in [-0.15, -0.1) is 0 Å². The molecule has 5 heteroatoms. The normalized spacial score (nSPS) is 31.2. The van der Waals surface area contributed by atoms with Gasteiger partial charge in [-0.2, -0.15) is 0 Å². The Morgan fingerprint density at radius 2 is 2.19 bits per heavy atom. The summed E-state index contributed by atoms with van der Waals surface area (Å²) in [5.74, 6) is 0. The van der Waals surface area contributed by atoms with Crippen LogP contribution < -0.4 is 10.6 Å². The molecule has 2 rings (SSSR count). The summed E-state index contributed by atoms with van der Waals surface area (Å²) < 4.78 is 5.23. The van der Waals surface area contributed by atoms with Gasteiger partial charge < -0.3 is 20.3 Å². The Kier molecular flexibility index (Phi) is 4.01. The van der Waals surface area contributed by atoms with Crippen LogP contribution in [0.25, 0.3) is 0 Å². The van der Waals surface area contributed by atoms with E-state index in [0.29, 0.717) is 32.3 Å². The Balaban J connectivity index is 1.80. The highest BCUT2D eigenvalue weighted by atomic mass is 16.5. The van der Waals surface area contributed by atoms with Gasteiger partial charge >= 0.3 is 6.03 Å². The lowest BCUT2D eigenvalue weighted by Gasteiger charge is -2.34. The number of morpholine rings is 1. The van der Waals surface area contributed by atoms with E-state index in [9.17, 15) is 4.79 Å². The maximum Gasteiger partial charge on any atom is 0.317 e. The molecule has 0 aromatic rings. The summed E-state index contributed by atoms with van der Waals surface area (Å²) in [6.45, 7) is 5.92. The van der Waals surface area contributed by atoms with Gasteiger partial charge in [0.25, 0.3) is 0 Å². The van der Waals surface area contributed by atoms with E-state index in [1.54, 1.807) is 0 Å². The Bertz CT molecular complexity index is 241. The summed E-state index contributed by atoms with van der Waals surface area (Å²) in [5, 5.41) is 6.49. The second-order valence-electron chi connectivity index (χ2n) is 4.54. The summed E-state index contributed by atoms with van der Waals surface area (Å²) in [6, 6.07) is 0.701. The van der Waals surface area contributed by atoms with Crippen molar-refractivity contribution >= 4 is 6.03 Å². The molecule has 0 aromatic carbocycles. The van der Waals surface area contributed by atoms with Gasteiger partial charge in [-0.05, 0) is 26.3 Å². The SMILES string of the molecule is CC1NCCCC1NC(=O)N1CCOCC1. The number of amides is 2. The first kappa shape index (κ1) is 11.7. The lowest BCUT2D eigenvalue weighted by atomic mass is 10.0. The van der Waals surface area contributed by atoms with Gasteiger partial charge in [-0.3, -0.25) is 0 Å². The van der Waals surface area contributed by atoms with Crippen molar-refractivity contribution in [2.24, 2.45) is 0 Å². The molecule has 2 heterocycles. The van der Waals surface area contributed by atoms with Gasteiger partial charge in [0.1, 0.15) is 0 Å². The summed E-state index contributed by atoms with van der Waals surface area (Å²) >= 11 is 0. The maximum absolute atomic E-state index is 11.9. The predicted octanol–water partition coefficient (Wildman–Crippen LogP) is 0.169. The van der Waals surface area contributed by atoms with E-state index in [1.165, 1.54) is 0 Å². The minimum Gasteiger partial charge on any atom is -0.378 e. The number of carbonyl (C=O) groups excluding carboxylic acids is 1. The van der Waals surface area contributed by atoms with Crippen LogP contribution in [0, 0.1) is 0 Å². The molecule has 2 saturated heterocycles. The second kappa shape index (κ2) is 5.50. The summed E-state index contributed by atoms with van der Waals surface area (Å²) in [4.78, 5) is 13.8. The van der Waals surface area contributed by atoms with Crippen LogP contribution >= 0.6 is 0 Å². The summed E-state index contributed by atoms with van der Waals surface area (Å²) in [5.41, 5.74) is 0. The Labute approximate surface area is 96.5 Å². The first-order valence-corrected chi connectivity index (χ1v) is 6.14. The molecule has 2 fully saturated rings. The molecule has 2 unspecified atom stereocenters. The van der Waals surface area contributed by atoms with Crippen LogP contribution in [0.3, 0.4) is 0 Å². The van der Waals surface area contributed by atoms with E-state index in [1.807, 2.05) is 4.90 Å². The van der Waals surface area contributed by atoms with Gasteiger partial charge in [0.2, 0.25) is 0 Å². The fourth-order valence-corrected chi connectivity index (χ4v) is 2.26. The highest BCUT2D eigenvalue weighted by Gasteiger charge is 2.25. The predicted molar refractivity (Wildman–Crippen MR) is 61.4 cm³/mol. The molecule has 0 aliphatic carbocycles. The standard InChI is InChI=1S/C11H21N3O2/c1-9-10(3-2-4-12-9)13-11(15)14-5-7-16-8-6-14/h9-10,12H,2-8H2,1H3,(H,13,15). The van der Waals surface area contributed by atoms with Gasteiger partial charge in [0, 0.05) is 25.2 Å². The summed E-state index contributed by atoms with van der Waals surface area (Å²) in [6.07, 6.45) is 2.21. The molecule has 0 bridgehead atoms. The number of nitrogens with zero attached hydrogens (tertiary/aromatic N) is 1. The third-order valence-electron chi connectivity index (χ3n) is 3.37. The van der Waals surface area contributed by atoms with Gasteiger partial charge in [0.05, 0.1) is 13.2 Å². The highest BCUT2D eigenvalue weighted by Crippen LogP contribution is 2.09. The number of piperidine rings is 1. The van der Waals surface area contributed by atoms with Crippen molar-refractivity contribution in [3.63, 3.8) is 0 Å². The third kappa shape index (κ3) is 2.86. The first-order chi connectivity index (χ1) is 7.77. The fraction of sp³-hybridized carbons (Fsp3) is 0.909. The van der Waals surface area contributed by atoms with E-state index >= 15 is 0 Å². The van der Waals surface area contributed by atoms with Crippen molar-refractivity contribution in [1.29, 1.82) is 0 Å². The van der Waals surface area contributed by atoms with Crippen LogP contribution in [0.1, 0.15) is 19.8 Å². The zero-order valence-electron chi connectivity index (χ0n) is 9.87. The molecule has 0 saturated carbocycles. The Hall–Kier alpha value is -0.810. The fourth-order valence-electron chi connectivity index (χ4n) is 2.26. The number of urea groups is 1. The quantitative estimate of drug-likeness (QED) is 0.671. The average molecular weight is 227 g/mol. The van der Waals surface area contributed by atoms with Crippen molar-refractivity contribution in [1.82, 2.24) is 15.5 Å². The van der Waals surface area contributed by atoms with E-state index < -0.39 is 0 Å². The lowest BCUT2D eigenvalue weighted by molar-refractivity contribution is 0.0518. The highest BCUT2D eigenvalue weighted by molar-refractivity contribution is 5.74. The molecule has 0 radical (unpaired) electrons. The molecule has 92 valence electrons. The molecule has 2 amide bonds. The molecule has 2 N–H and O–H groups in total. The van der Waals surface area contributed by atoms with E-state index in [4.69, 9.17) is 4.74 Å². The molecule has 16 heavy (non-hydrogen) atoms. The molecule has 0 aromatic heterocycles. The van der Waals surface area contributed by atoms with Crippen molar-refractivity contribution in [2.45, 2.75) is 31.8 Å². The van der Waals surface area contributed by atoms with Crippen LogP contribution in [0.5, 0.6) is 0 Å². The van der Waals surface area contributed by atoms with Crippen molar-refractivity contribution in [3.05, 3.63) is 0 Å². The molecule has 5 nitrogen and oxygen atoms in total. The van der Waals surface area contributed by atoms with Crippen molar-refractivity contribution in [3.8, 4) is 0 Å². The topological polar surface area (TPSA) is 53.6 Å². The molecule has 0 spiro atoms. The van der Waals surface area contributed by atoms with E-state index in [0.717, 1.165) is 19.4 Å². The molecule has 2 aliphatic heterocycles. The van der Waals surface area contributed by atoms with Crippen LogP contribution in [0.2, 0.25) is 0 Å². The van der Waals surface area contributed by atoms with Crippen LogP contribution in [0.4, 0.5) is 4.79 Å². The monoisotopic (exact) mass is 227 g/mol. The number of carbonyl (C=O) groups is 1. The van der Waals surface area contributed by atoms with Crippen molar-refractivity contribution < 1.29 is 9.53 Å². The number of hydrogen-bond donors (Lipinski definition) is 2. The maximum atomic E-state index is 11.9. The first-order valence-electron chi connectivity index (χ1n) is 6.14. The lowest BCUT2D eigenvalue weighted by Crippen LogP contribution is -2.56. The molecule has 2 atom stereocenters. The van der Waals surface area contributed by atoms with Crippen LogP contribution in [-0.4, -0.2) is 55.9 Å². The summed E-state index contributed by atoms with van der Waals surface area (Å²) in [7, 11) is 0. The largest absolute Gasteiger partial charge is 0.378 e. The zero-order chi connectivity index (χ0) is 11.4. The van der Waals surface area contributed by atoms with Gasteiger partial charge in [-0.25, -0.2) is 4.79 Å². The average Bonchev–Trinajstić information content (AvgIpc) is 2.33. The van der Waals surface area contributed by atoms with Gasteiger partial charge in [-0.1, -0.05) is 0 Å². The second-order valence-corrected chi connectivity index (χ2v) is 4.54. The smallest absolute Gasteiger partial charge is 0.317 e. The van der Waals surface area contributed by atoms with Crippen molar-refractivity contribution in [2.75, 3.05) is 32.8 Å². The molecular weight excluding hydrogens is 206 g/mol. The number of ether oxygens (including phenoxy) is 1. The van der Waals surface area contributed by atoms with Gasteiger partial charge in [0.15, 0.2) is 0 Å². The molecule has 2 aliphatic rings. The number of nitrogens with one attached hydrogen (secondary N) is 2. The number of hydrogen-bond acceptors (Lipinski definition) is 3. The number of rotatable bonds is 1. The Morgan fingerprint density at radius 3 is 2.88 bits per heavy atom. The van der Waals surface area contributed by atoms with E-state index in [2.05, 4.69) is 17.6 Å². The zero-order valence-corrected chi connectivity index (χ0v) is 9.87. The minimum atomic E-state index is 0.0591. The van der Waals surface area contributed by atoms with Crippen LogP contribution in [0.15, 0.2) is 0 Å². The minimum absolute atomic E-state index is 0.0591. The van der Waals surface area contributed by atoms with Crippen LogP contribution in [-0.2, 0) is 4.74 Å². The molecular formula is C11H21N3O2. The third-order valence-corrected chi connectivity index (χ3v) is 3.37. The van der Waals surface area contributed by atoms with E-state index in [-0.39, 0.29) is 12.1 Å². The Morgan fingerprint density at radius 1 is 1.44 bits per heavy atom.